The number of hydrogen-bond acceptors (Lipinski definition) is 2. The molecule has 2 heteroatoms. The van der Waals surface area contributed by atoms with E-state index in [0.29, 0.717) is 12.0 Å². The Hall–Kier alpha value is -2.54. The van der Waals surface area contributed by atoms with Crippen LogP contribution in [0.5, 0.6) is 0 Å². The van der Waals surface area contributed by atoms with Crippen LogP contribution in [-0.2, 0) is 6.54 Å². The Kier molecular flexibility index (Phi) is 6.92. The van der Waals surface area contributed by atoms with E-state index >= 15 is 0 Å². The molecular formula is C26H32N2. The van der Waals surface area contributed by atoms with Crippen molar-refractivity contribution in [3.8, 4) is 0 Å². The van der Waals surface area contributed by atoms with Crippen molar-refractivity contribution >= 4 is 5.57 Å². The van der Waals surface area contributed by atoms with Gasteiger partial charge in [0.15, 0.2) is 0 Å². The second-order valence-corrected chi connectivity index (χ2v) is 7.93. The van der Waals surface area contributed by atoms with Gasteiger partial charge in [-0.25, -0.2) is 0 Å². The molecule has 0 bridgehead atoms. The Bertz CT molecular complexity index is 843. The number of benzene rings is 2. The van der Waals surface area contributed by atoms with Crippen LogP contribution in [0.15, 0.2) is 84.2 Å². The monoisotopic (exact) mass is 372 g/mol. The number of rotatable bonds is 5. The number of allylic oxidation sites excluding steroid dienone is 2. The first-order valence-electron chi connectivity index (χ1n) is 10.2. The lowest BCUT2D eigenvalue weighted by molar-refractivity contribution is 0.0858. The van der Waals surface area contributed by atoms with E-state index in [4.69, 9.17) is 0 Å². The van der Waals surface area contributed by atoms with Crippen LogP contribution in [0.1, 0.15) is 31.9 Å². The normalized spacial score (nSPS) is 19.0. The van der Waals surface area contributed by atoms with Gasteiger partial charge in [-0.05, 0) is 36.1 Å². The summed E-state index contributed by atoms with van der Waals surface area (Å²) in [5.41, 5.74) is 8.52. The van der Waals surface area contributed by atoms with Gasteiger partial charge in [0.25, 0.3) is 0 Å². The van der Waals surface area contributed by atoms with Crippen LogP contribution in [0.4, 0.5) is 0 Å². The van der Waals surface area contributed by atoms with Gasteiger partial charge < -0.3 is 4.90 Å². The van der Waals surface area contributed by atoms with Crippen LogP contribution >= 0.6 is 0 Å². The molecule has 1 heterocycles. The maximum Gasteiger partial charge on any atom is 0.0391 e. The maximum atomic E-state index is 3.44. The van der Waals surface area contributed by atoms with Gasteiger partial charge in [0.05, 0.1) is 0 Å². The van der Waals surface area contributed by atoms with E-state index in [-0.39, 0.29) is 0 Å². The molecule has 0 amide bonds. The van der Waals surface area contributed by atoms with Gasteiger partial charge in [-0.2, -0.15) is 0 Å². The highest BCUT2D eigenvalue weighted by Gasteiger charge is 2.30. The molecule has 1 atom stereocenters. The third-order valence-corrected chi connectivity index (χ3v) is 5.48. The van der Waals surface area contributed by atoms with Crippen molar-refractivity contribution < 1.29 is 0 Å². The average Bonchev–Trinajstić information content (AvgIpc) is 2.71. The quantitative estimate of drug-likeness (QED) is 0.630. The van der Waals surface area contributed by atoms with Crippen molar-refractivity contribution in [3.05, 3.63) is 95.4 Å². The highest BCUT2D eigenvalue weighted by molar-refractivity contribution is 5.74. The SMILES string of the molecule is CC=C=C(/C=C1/CN(Cc2ccccc2)[C@H](C(C)C)CN1C)c1ccccc1. The van der Waals surface area contributed by atoms with Crippen LogP contribution in [0.3, 0.4) is 0 Å². The van der Waals surface area contributed by atoms with E-state index in [0.717, 1.165) is 25.2 Å². The molecule has 1 fully saturated rings. The Morgan fingerprint density at radius 1 is 1.07 bits per heavy atom. The molecule has 1 aliphatic heterocycles. The van der Waals surface area contributed by atoms with Crippen LogP contribution in [0, 0.1) is 5.92 Å². The van der Waals surface area contributed by atoms with E-state index in [1.165, 1.54) is 16.8 Å². The molecule has 0 spiro atoms. The van der Waals surface area contributed by atoms with Crippen molar-refractivity contribution in [2.24, 2.45) is 5.92 Å². The second-order valence-electron chi connectivity index (χ2n) is 7.93. The molecule has 28 heavy (non-hydrogen) atoms. The van der Waals surface area contributed by atoms with Crippen molar-refractivity contribution in [1.29, 1.82) is 0 Å². The Balaban J connectivity index is 1.90. The van der Waals surface area contributed by atoms with Gasteiger partial charge >= 0.3 is 0 Å². The molecule has 3 rings (SSSR count). The van der Waals surface area contributed by atoms with E-state index < -0.39 is 0 Å². The van der Waals surface area contributed by atoms with Gasteiger partial charge in [-0.3, -0.25) is 4.90 Å². The van der Waals surface area contributed by atoms with Crippen LogP contribution < -0.4 is 0 Å². The largest absolute Gasteiger partial charge is 0.375 e. The molecule has 1 saturated heterocycles. The minimum atomic E-state index is 0.549. The molecular weight excluding hydrogens is 340 g/mol. The van der Waals surface area contributed by atoms with Crippen molar-refractivity contribution in [1.82, 2.24) is 9.80 Å². The fraction of sp³-hybridized carbons (Fsp3) is 0.346. The second kappa shape index (κ2) is 9.59. The molecule has 0 saturated carbocycles. The first-order chi connectivity index (χ1) is 13.6. The fourth-order valence-electron chi connectivity index (χ4n) is 3.89. The predicted molar refractivity (Wildman–Crippen MR) is 120 cm³/mol. The molecule has 146 valence electrons. The smallest absolute Gasteiger partial charge is 0.0391 e. The van der Waals surface area contributed by atoms with Crippen LogP contribution in [0.25, 0.3) is 5.57 Å². The molecule has 0 radical (unpaired) electrons. The zero-order valence-corrected chi connectivity index (χ0v) is 17.6. The predicted octanol–water partition coefficient (Wildman–Crippen LogP) is 5.60. The fourth-order valence-corrected chi connectivity index (χ4v) is 3.89. The van der Waals surface area contributed by atoms with E-state index in [1.54, 1.807) is 0 Å². The lowest BCUT2D eigenvalue weighted by Crippen LogP contribution is -2.52. The Morgan fingerprint density at radius 3 is 2.32 bits per heavy atom. The third-order valence-electron chi connectivity index (χ3n) is 5.48. The number of nitrogens with zero attached hydrogens (tertiary/aromatic N) is 2. The first kappa shape index (κ1) is 20.2. The zero-order chi connectivity index (χ0) is 19.9. The highest BCUT2D eigenvalue weighted by Crippen LogP contribution is 2.26. The minimum absolute atomic E-state index is 0.549. The summed E-state index contributed by atoms with van der Waals surface area (Å²) in [6.07, 6.45) is 4.31. The van der Waals surface area contributed by atoms with Crippen LogP contribution in [-0.4, -0.2) is 36.0 Å². The summed E-state index contributed by atoms with van der Waals surface area (Å²) in [4.78, 5) is 5.05. The summed E-state index contributed by atoms with van der Waals surface area (Å²) in [6, 6.07) is 21.9. The zero-order valence-electron chi connectivity index (χ0n) is 17.6. The number of piperazine rings is 1. The lowest BCUT2D eigenvalue weighted by atomic mass is 9.96. The summed E-state index contributed by atoms with van der Waals surface area (Å²) in [6.45, 7) is 9.69. The molecule has 1 aliphatic rings. The highest BCUT2D eigenvalue weighted by atomic mass is 15.3. The Labute approximate surface area is 170 Å². The van der Waals surface area contributed by atoms with Gasteiger partial charge in [-0.1, -0.05) is 74.5 Å². The maximum absolute atomic E-state index is 3.44. The molecule has 2 aromatic carbocycles. The average molecular weight is 373 g/mol. The summed E-state index contributed by atoms with van der Waals surface area (Å²) >= 11 is 0. The first-order valence-corrected chi connectivity index (χ1v) is 10.2. The Morgan fingerprint density at radius 2 is 1.71 bits per heavy atom. The minimum Gasteiger partial charge on any atom is -0.375 e. The molecule has 2 nitrogen and oxygen atoms in total. The van der Waals surface area contributed by atoms with Crippen molar-refractivity contribution in [3.63, 3.8) is 0 Å². The number of likely N-dealkylation sites (N-methyl/N-ethyl adjacent to an activating group) is 1. The third kappa shape index (κ3) is 5.04. The van der Waals surface area contributed by atoms with Crippen molar-refractivity contribution in [2.75, 3.05) is 20.1 Å². The summed E-state index contributed by atoms with van der Waals surface area (Å²) < 4.78 is 0. The van der Waals surface area contributed by atoms with Gasteiger partial charge in [0.1, 0.15) is 0 Å². The molecule has 0 aromatic heterocycles. The molecule has 0 N–H and O–H groups in total. The van der Waals surface area contributed by atoms with E-state index in [1.807, 2.05) is 13.0 Å². The topological polar surface area (TPSA) is 6.48 Å². The standard InChI is InChI=1S/C26H32N2/c1-5-12-24(23-15-10-7-11-16-23)17-25-19-28(18-22-13-8-6-9-14-22)26(21(2)3)20-27(25)4/h5-11,13-17,21,26H,18-20H2,1-4H3/b25-17-/t12?,26-/m0/s1. The van der Waals surface area contributed by atoms with Gasteiger partial charge in [-0.15, -0.1) is 5.73 Å². The van der Waals surface area contributed by atoms with Crippen molar-refractivity contribution in [2.45, 2.75) is 33.4 Å². The summed E-state index contributed by atoms with van der Waals surface area (Å²) in [5, 5.41) is 0. The molecule has 0 unspecified atom stereocenters. The molecule has 2 aromatic rings. The molecule has 0 aliphatic carbocycles. The van der Waals surface area contributed by atoms with Gasteiger partial charge in [0.2, 0.25) is 0 Å². The summed E-state index contributed by atoms with van der Waals surface area (Å²) in [7, 11) is 2.22. The van der Waals surface area contributed by atoms with E-state index in [9.17, 15) is 0 Å². The van der Waals surface area contributed by atoms with Crippen LogP contribution in [0.2, 0.25) is 0 Å². The van der Waals surface area contributed by atoms with E-state index in [2.05, 4.69) is 103 Å². The lowest BCUT2D eigenvalue weighted by Gasteiger charge is -2.44. The van der Waals surface area contributed by atoms with Gasteiger partial charge in [0, 0.05) is 44.0 Å². The summed E-state index contributed by atoms with van der Waals surface area (Å²) in [5.74, 6) is 0.618. The number of hydrogen-bond donors (Lipinski definition) is 0.